The van der Waals surface area contributed by atoms with E-state index in [0.29, 0.717) is 24.3 Å². The maximum atomic E-state index is 13.2. The molecule has 26 heavy (non-hydrogen) atoms. The predicted octanol–water partition coefficient (Wildman–Crippen LogP) is 3.47. The van der Waals surface area contributed by atoms with Gasteiger partial charge in [0.25, 0.3) is 5.91 Å². The number of benzene rings is 2. The molecule has 1 heterocycles. The molecule has 1 saturated heterocycles. The van der Waals surface area contributed by atoms with Gasteiger partial charge >= 0.3 is 5.97 Å². The molecule has 0 aromatic heterocycles. The van der Waals surface area contributed by atoms with Crippen molar-refractivity contribution in [2.75, 3.05) is 20.3 Å². The van der Waals surface area contributed by atoms with Gasteiger partial charge in [-0.15, -0.1) is 0 Å². The number of esters is 1. The average Bonchev–Trinajstić information content (AvgIpc) is 2.67. The minimum atomic E-state index is -0.456. The maximum Gasteiger partial charge on any atom is 0.337 e. The number of carbonyl (C=O) groups is 2. The summed E-state index contributed by atoms with van der Waals surface area (Å²) in [5.74, 6) is -0.576. The van der Waals surface area contributed by atoms with Crippen molar-refractivity contribution in [3.8, 4) is 0 Å². The van der Waals surface area contributed by atoms with Gasteiger partial charge in [-0.3, -0.25) is 4.79 Å². The molecule has 2 aromatic rings. The first kappa shape index (κ1) is 18.1. The number of ether oxygens (including phenoxy) is 2. The minimum Gasteiger partial charge on any atom is -0.465 e. The van der Waals surface area contributed by atoms with Crippen LogP contribution >= 0.6 is 0 Å². The summed E-state index contributed by atoms with van der Waals surface area (Å²) in [7, 11) is 1.33. The van der Waals surface area contributed by atoms with E-state index >= 15 is 0 Å². The Morgan fingerprint density at radius 2 is 1.77 bits per heavy atom. The molecule has 136 valence electrons. The average molecular weight is 353 g/mol. The first-order chi connectivity index (χ1) is 12.4. The Hall–Kier alpha value is -2.66. The molecule has 1 aliphatic heterocycles. The van der Waals surface area contributed by atoms with Crippen LogP contribution in [-0.4, -0.2) is 42.6 Å². The molecule has 5 nitrogen and oxygen atoms in total. The smallest absolute Gasteiger partial charge is 0.337 e. The van der Waals surface area contributed by atoms with Crippen LogP contribution in [0.5, 0.6) is 0 Å². The number of hydrogen-bond acceptors (Lipinski definition) is 4. The van der Waals surface area contributed by atoms with Gasteiger partial charge in [0.05, 0.1) is 31.4 Å². The van der Waals surface area contributed by atoms with E-state index < -0.39 is 11.5 Å². The number of morpholine rings is 1. The molecule has 2 aromatic carbocycles. The highest BCUT2D eigenvalue weighted by Crippen LogP contribution is 2.31. The van der Waals surface area contributed by atoms with Crippen molar-refractivity contribution in [3.05, 3.63) is 71.3 Å². The first-order valence-electron chi connectivity index (χ1n) is 8.59. The standard InChI is InChI=1S/C21H23NO4/c1-21(2)14-26-18(15-8-5-4-6-9-15)13-22(21)19(23)16-10-7-11-17(12-16)20(24)25-3/h4-12,18H,13-14H2,1-3H3. The van der Waals surface area contributed by atoms with Crippen molar-refractivity contribution >= 4 is 11.9 Å². The summed E-state index contributed by atoms with van der Waals surface area (Å²) in [6.45, 7) is 4.86. The van der Waals surface area contributed by atoms with Gasteiger partial charge in [-0.1, -0.05) is 36.4 Å². The van der Waals surface area contributed by atoms with Gasteiger partial charge < -0.3 is 14.4 Å². The van der Waals surface area contributed by atoms with E-state index in [1.54, 1.807) is 24.3 Å². The molecule has 1 aliphatic rings. The largest absolute Gasteiger partial charge is 0.465 e. The lowest BCUT2D eigenvalue weighted by atomic mass is 9.96. The number of nitrogens with zero attached hydrogens (tertiary/aromatic N) is 1. The molecule has 0 N–H and O–H groups in total. The second-order valence-electron chi connectivity index (χ2n) is 7.01. The summed E-state index contributed by atoms with van der Waals surface area (Å²) >= 11 is 0. The summed E-state index contributed by atoms with van der Waals surface area (Å²) in [5.41, 5.74) is 1.44. The molecule has 3 rings (SSSR count). The summed E-state index contributed by atoms with van der Waals surface area (Å²) in [5, 5.41) is 0. The molecule has 1 fully saturated rings. The van der Waals surface area contributed by atoms with E-state index in [-0.39, 0.29) is 12.0 Å². The number of rotatable bonds is 3. The first-order valence-corrected chi connectivity index (χ1v) is 8.59. The fourth-order valence-electron chi connectivity index (χ4n) is 3.13. The van der Waals surface area contributed by atoms with Gasteiger partial charge in [0.1, 0.15) is 6.10 Å². The highest BCUT2D eigenvalue weighted by molar-refractivity contribution is 5.98. The Labute approximate surface area is 153 Å². The van der Waals surface area contributed by atoms with E-state index in [4.69, 9.17) is 9.47 Å². The second-order valence-corrected chi connectivity index (χ2v) is 7.01. The molecule has 1 amide bonds. The van der Waals surface area contributed by atoms with Gasteiger partial charge in [-0.05, 0) is 37.6 Å². The van der Waals surface area contributed by atoms with E-state index in [0.717, 1.165) is 5.56 Å². The van der Waals surface area contributed by atoms with E-state index in [2.05, 4.69) is 0 Å². The van der Waals surface area contributed by atoms with Crippen LogP contribution in [0, 0.1) is 0 Å². The van der Waals surface area contributed by atoms with Crippen molar-refractivity contribution in [2.24, 2.45) is 0 Å². The van der Waals surface area contributed by atoms with Crippen LogP contribution in [-0.2, 0) is 9.47 Å². The molecule has 0 aliphatic carbocycles. The normalized spacial score (nSPS) is 19.0. The lowest BCUT2D eigenvalue weighted by Gasteiger charge is -2.45. The van der Waals surface area contributed by atoms with Gasteiger partial charge in [-0.25, -0.2) is 4.79 Å². The van der Waals surface area contributed by atoms with Gasteiger partial charge in [-0.2, -0.15) is 0 Å². The lowest BCUT2D eigenvalue weighted by Crippen LogP contribution is -2.56. The van der Waals surface area contributed by atoms with Crippen LogP contribution < -0.4 is 0 Å². The number of amides is 1. The minimum absolute atomic E-state index is 0.120. The molecule has 0 saturated carbocycles. The van der Waals surface area contributed by atoms with Crippen LogP contribution in [0.1, 0.15) is 46.2 Å². The fourth-order valence-corrected chi connectivity index (χ4v) is 3.13. The lowest BCUT2D eigenvalue weighted by molar-refractivity contribution is -0.0846. The van der Waals surface area contributed by atoms with Crippen molar-refractivity contribution in [1.29, 1.82) is 0 Å². The second kappa shape index (κ2) is 7.30. The van der Waals surface area contributed by atoms with E-state index in [1.807, 2.05) is 49.1 Å². The Balaban J connectivity index is 1.87. The zero-order valence-electron chi connectivity index (χ0n) is 15.3. The van der Waals surface area contributed by atoms with E-state index in [1.165, 1.54) is 7.11 Å². The molecule has 5 heteroatoms. The molecule has 1 atom stereocenters. The van der Waals surface area contributed by atoms with Gasteiger partial charge in [0, 0.05) is 5.56 Å². The molecule has 0 bridgehead atoms. The Bertz CT molecular complexity index is 801. The van der Waals surface area contributed by atoms with Crippen LogP contribution in [0.25, 0.3) is 0 Å². The Kier molecular flexibility index (Phi) is 5.09. The topological polar surface area (TPSA) is 55.8 Å². The molecule has 0 radical (unpaired) electrons. The number of hydrogen-bond donors (Lipinski definition) is 0. The molecular weight excluding hydrogens is 330 g/mol. The van der Waals surface area contributed by atoms with Crippen molar-refractivity contribution in [1.82, 2.24) is 4.90 Å². The maximum absolute atomic E-state index is 13.2. The SMILES string of the molecule is COC(=O)c1cccc(C(=O)N2CC(c3ccccc3)OCC2(C)C)c1. The van der Waals surface area contributed by atoms with Crippen LogP contribution in [0.3, 0.4) is 0 Å². The highest BCUT2D eigenvalue weighted by atomic mass is 16.5. The van der Waals surface area contributed by atoms with Gasteiger partial charge in [0.2, 0.25) is 0 Å². The zero-order chi connectivity index (χ0) is 18.7. The molecular formula is C21H23NO4. The summed E-state index contributed by atoms with van der Waals surface area (Å²) < 4.78 is 10.8. The third kappa shape index (κ3) is 3.63. The highest BCUT2D eigenvalue weighted by Gasteiger charge is 2.39. The quantitative estimate of drug-likeness (QED) is 0.793. The van der Waals surface area contributed by atoms with Crippen molar-refractivity contribution < 1.29 is 19.1 Å². The zero-order valence-corrected chi connectivity index (χ0v) is 15.3. The summed E-state index contributed by atoms with van der Waals surface area (Å²) in [4.78, 5) is 26.8. The third-order valence-electron chi connectivity index (χ3n) is 4.66. The Morgan fingerprint density at radius 3 is 2.46 bits per heavy atom. The van der Waals surface area contributed by atoms with Crippen molar-refractivity contribution in [3.63, 3.8) is 0 Å². The summed E-state index contributed by atoms with van der Waals surface area (Å²) in [6.07, 6.45) is -0.169. The molecule has 1 unspecified atom stereocenters. The monoisotopic (exact) mass is 353 g/mol. The molecule has 0 spiro atoms. The Morgan fingerprint density at radius 1 is 1.08 bits per heavy atom. The van der Waals surface area contributed by atoms with Crippen LogP contribution in [0.2, 0.25) is 0 Å². The van der Waals surface area contributed by atoms with Gasteiger partial charge in [0.15, 0.2) is 0 Å². The fraction of sp³-hybridized carbons (Fsp3) is 0.333. The van der Waals surface area contributed by atoms with Crippen molar-refractivity contribution in [2.45, 2.75) is 25.5 Å². The summed E-state index contributed by atoms with van der Waals surface area (Å²) in [6, 6.07) is 16.5. The van der Waals surface area contributed by atoms with Crippen LogP contribution in [0.4, 0.5) is 0 Å². The number of methoxy groups -OCH3 is 1. The van der Waals surface area contributed by atoms with E-state index in [9.17, 15) is 9.59 Å². The predicted molar refractivity (Wildman–Crippen MR) is 98.0 cm³/mol. The third-order valence-corrected chi connectivity index (χ3v) is 4.66. The van der Waals surface area contributed by atoms with Crippen LogP contribution in [0.15, 0.2) is 54.6 Å². The number of carbonyl (C=O) groups excluding carboxylic acids is 2.